The SMILES string of the molecule is CCNC(C)(CC)CC(N)=O. The fourth-order valence-electron chi connectivity index (χ4n) is 1.12. The van der Waals surface area contributed by atoms with E-state index in [-0.39, 0.29) is 11.4 Å². The van der Waals surface area contributed by atoms with Gasteiger partial charge in [0.1, 0.15) is 0 Å². The van der Waals surface area contributed by atoms with Crippen molar-refractivity contribution in [1.82, 2.24) is 5.32 Å². The monoisotopic (exact) mass is 158 g/mol. The van der Waals surface area contributed by atoms with Gasteiger partial charge in [-0.25, -0.2) is 0 Å². The number of primary amides is 1. The first kappa shape index (κ1) is 10.4. The molecule has 0 rings (SSSR count). The van der Waals surface area contributed by atoms with Crippen molar-refractivity contribution in [1.29, 1.82) is 0 Å². The van der Waals surface area contributed by atoms with Crippen LogP contribution in [0.15, 0.2) is 0 Å². The fraction of sp³-hybridized carbons (Fsp3) is 0.875. The highest BCUT2D eigenvalue weighted by Crippen LogP contribution is 2.12. The summed E-state index contributed by atoms with van der Waals surface area (Å²) in [5.41, 5.74) is 4.99. The van der Waals surface area contributed by atoms with E-state index in [0.29, 0.717) is 6.42 Å². The number of rotatable bonds is 5. The van der Waals surface area contributed by atoms with Crippen molar-refractivity contribution >= 4 is 5.91 Å². The van der Waals surface area contributed by atoms with Gasteiger partial charge in [-0.2, -0.15) is 0 Å². The summed E-state index contributed by atoms with van der Waals surface area (Å²) < 4.78 is 0. The van der Waals surface area contributed by atoms with Crippen molar-refractivity contribution in [3.8, 4) is 0 Å². The third kappa shape index (κ3) is 3.98. The summed E-state index contributed by atoms with van der Waals surface area (Å²) in [6.45, 7) is 6.96. The topological polar surface area (TPSA) is 55.1 Å². The highest BCUT2D eigenvalue weighted by molar-refractivity contribution is 5.75. The number of nitrogens with two attached hydrogens (primary N) is 1. The number of hydrogen-bond donors (Lipinski definition) is 2. The maximum absolute atomic E-state index is 10.6. The molecule has 0 aromatic carbocycles. The molecule has 11 heavy (non-hydrogen) atoms. The van der Waals surface area contributed by atoms with Crippen LogP contribution in [0.5, 0.6) is 0 Å². The normalized spacial score (nSPS) is 15.9. The Morgan fingerprint density at radius 2 is 2.09 bits per heavy atom. The summed E-state index contributed by atoms with van der Waals surface area (Å²) in [6, 6.07) is 0. The van der Waals surface area contributed by atoms with Gasteiger partial charge in [0, 0.05) is 12.0 Å². The molecule has 0 bridgehead atoms. The lowest BCUT2D eigenvalue weighted by atomic mass is 9.94. The second-order valence-corrected chi connectivity index (χ2v) is 3.09. The summed E-state index contributed by atoms with van der Waals surface area (Å²) in [5, 5.41) is 3.24. The van der Waals surface area contributed by atoms with Crippen LogP contribution < -0.4 is 11.1 Å². The molecule has 0 aliphatic carbocycles. The molecule has 3 nitrogen and oxygen atoms in total. The molecule has 0 radical (unpaired) electrons. The van der Waals surface area contributed by atoms with Crippen LogP contribution in [0.1, 0.15) is 33.6 Å². The van der Waals surface area contributed by atoms with E-state index in [1.165, 1.54) is 0 Å². The van der Waals surface area contributed by atoms with Gasteiger partial charge in [0.2, 0.25) is 5.91 Å². The number of amides is 1. The molecule has 3 heteroatoms. The van der Waals surface area contributed by atoms with Gasteiger partial charge in [0.25, 0.3) is 0 Å². The van der Waals surface area contributed by atoms with E-state index in [9.17, 15) is 4.79 Å². The molecule has 3 N–H and O–H groups in total. The van der Waals surface area contributed by atoms with Gasteiger partial charge in [-0.15, -0.1) is 0 Å². The molecule has 0 aliphatic heterocycles. The lowest BCUT2D eigenvalue weighted by Crippen LogP contribution is -2.44. The van der Waals surface area contributed by atoms with Crippen molar-refractivity contribution in [2.24, 2.45) is 5.73 Å². The highest BCUT2D eigenvalue weighted by Gasteiger charge is 2.22. The van der Waals surface area contributed by atoms with E-state index in [1.54, 1.807) is 0 Å². The lowest BCUT2D eigenvalue weighted by molar-refractivity contribution is -0.119. The molecule has 1 amide bonds. The maximum Gasteiger partial charge on any atom is 0.219 e. The zero-order valence-electron chi connectivity index (χ0n) is 7.61. The van der Waals surface area contributed by atoms with Gasteiger partial charge in [-0.05, 0) is 19.9 Å². The summed E-state index contributed by atoms with van der Waals surface area (Å²) in [5.74, 6) is -0.240. The Balaban J connectivity index is 3.98. The Hall–Kier alpha value is -0.570. The minimum Gasteiger partial charge on any atom is -0.370 e. The van der Waals surface area contributed by atoms with Gasteiger partial charge in [0.05, 0.1) is 0 Å². The average Bonchev–Trinajstić information content (AvgIpc) is 1.87. The zero-order chi connectivity index (χ0) is 8.91. The van der Waals surface area contributed by atoms with E-state index in [2.05, 4.69) is 5.32 Å². The third-order valence-electron chi connectivity index (χ3n) is 1.95. The molecule has 0 saturated heterocycles. The van der Waals surface area contributed by atoms with E-state index in [0.717, 1.165) is 13.0 Å². The Morgan fingerprint density at radius 1 is 1.55 bits per heavy atom. The van der Waals surface area contributed by atoms with Crippen LogP contribution >= 0.6 is 0 Å². The van der Waals surface area contributed by atoms with Crippen LogP contribution in [0.3, 0.4) is 0 Å². The van der Waals surface area contributed by atoms with E-state index >= 15 is 0 Å². The van der Waals surface area contributed by atoms with Crippen molar-refractivity contribution in [2.75, 3.05) is 6.54 Å². The maximum atomic E-state index is 10.6. The first-order chi connectivity index (χ1) is 5.04. The smallest absolute Gasteiger partial charge is 0.219 e. The van der Waals surface area contributed by atoms with Crippen LogP contribution in [0.25, 0.3) is 0 Å². The molecule has 66 valence electrons. The van der Waals surface area contributed by atoms with E-state index in [1.807, 2.05) is 20.8 Å². The molecule has 0 spiro atoms. The molecular formula is C8H18N2O. The number of carbonyl (C=O) groups is 1. The van der Waals surface area contributed by atoms with E-state index in [4.69, 9.17) is 5.73 Å². The third-order valence-corrected chi connectivity index (χ3v) is 1.95. The standard InChI is InChI=1S/C8H18N2O/c1-4-8(3,10-5-2)6-7(9)11/h10H,4-6H2,1-3H3,(H2,9,11). The predicted molar refractivity (Wildman–Crippen MR) is 46.2 cm³/mol. The molecule has 0 heterocycles. The van der Waals surface area contributed by atoms with Gasteiger partial charge in [-0.1, -0.05) is 13.8 Å². The van der Waals surface area contributed by atoms with Gasteiger partial charge in [-0.3, -0.25) is 4.79 Å². The lowest BCUT2D eigenvalue weighted by Gasteiger charge is -2.27. The molecule has 0 aliphatic rings. The number of nitrogens with one attached hydrogen (secondary N) is 1. The van der Waals surface area contributed by atoms with Crippen LogP contribution in [-0.4, -0.2) is 18.0 Å². The van der Waals surface area contributed by atoms with Gasteiger partial charge < -0.3 is 11.1 Å². The minimum atomic E-state index is -0.240. The minimum absolute atomic E-state index is 0.111. The van der Waals surface area contributed by atoms with Gasteiger partial charge >= 0.3 is 0 Å². The zero-order valence-corrected chi connectivity index (χ0v) is 7.61. The molecule has 0 saturated carbocycles. The van der Waals surface area contributed by atoms with Crippen LogP contribution in [0, 0.1) is 0 Å². The summed E-state index contributed by atoms with van der Waals surface area (Å²) in [4.78, 5) is 10.6. The van der Waals surface area contributed by atoms with Crippen molar-refractivity contribution in [3.63, 3.8) is 0 Å². The van der Waals surface area contributed by atoms with Crippen molar-refractivity contribution in [3.05, 3.63) is 0 Å². The molecule has 1 unspecified atom stereocenters. The van der Waals surface area contributed by atoms with Crippen LogP contribution in [-0.2, 0) is 4.79 Å². The molecule has 0 fully saturated rings. The Bertz CT molecular complexity index is 136. The molecule has 1 atom stereocenters. The largest absolute Gasteiger partial charge is 0.370 e. The highest BCUT2D eigenvalue weighted by atomic mass is 16.1. The van der Waals surface area contributed by atoms with Crippen molar-refractivity contribution < 1.29 is 4.79 Å². The second-order valence-electron chi connectivity index (χ2n) is 3.09. The first-order valence-electron chi connectivity index (χ1n) is 4.07. The molecular weight excluding hydrogens is 140 g/mol. The molecule has 0 aromatic rings. The second kappa shape index (κ2) is 4.34. The Kier molecular flexibility index (Phi) is 4.11. The van der Waals surface area contributed by atoms with Crippen LogP contribution in [0.4, 0.5) is 0 Å². The predicted octanol–water partition coefficient (Wildman–Crippen LogP) is 0.640. The van der Waals surface area contributed by atoms with E-state index < -0.39 is 0 Å². The summed E-state index contributed by atoms with van der Waals surface area (Å²) >= 11 is 0. The van der Waals surface area contributed by atoms with Crippen molar-refractivity contribution in [2.45, 2.75) is 39.2 Å². The quantitative estimate of drug-likeness (QED) is 0.617. The Labute approximate surface area is 68.3 Å². The summed E-state index contributed by atoms with van der Waals surface area (Å²) in [7, 11) is 0. The average molecular weight is 158 g/mol. The fourth-order valence-corrected chi connectivity index (χ4v) is 1.12. The molecule has 0 aromatic heterocycles. The first-order valence-corrected chi connectivity index (χ1v) is 4.07. The number of hydrogen-bond acceptors (Lipinski definition) is 2. The summed E-state index contributed by atoms with van der Waals surface area (Å²) in [6.07, 6.45) is 1.33. The number of carbonyl (C=O) groups excluding carboxylic acids is 1. The Morgan fingerprint density at radius 3 is 2.36 bits per heavy atom. The van der Waals surface area contributed by atoms with Crippen LogP contribution in [0.2, 0.25) is 0 Å². The van der Waals surface area contributed by atoms with Gasteiger partial charge in [0.15, 0.2) is 0 Å².